The molecule has 0 bridgehead atoms. The van der Waals surface area contributed by atoms with E-state index in [9.17, 15) is 18.0 Å². The summed E-state index contributed by atoms with van der Waals surface area (Å²) in [6, 6.07) is 8.45. The van der Waals surface area contributed by atoms with Crippen LogP contribution in [0.3, 0.4) is 0 Å². The molecule has 0 atom stereocenters. The third-order valence-corrected chi connectivity index (χ3v) is 4.74. The van der Waals surface area contributed by atoms with Crippen LogP contribution in [0.5, 0.6) is 0 Å². The van der Waals surface area contributed by atoms with E-state index in [0.717, 1.165) is 22.3 Å². The second-order valence-corrected chi connectivity index (χ2v) is 7.03. The minimum Gasteiger partial charge on any atom is -0.336 e. The van der Waals surface area contributed by atoms with Gasteiger partial charge in [-0.15, -0.1) is 0 Å². The van der Waals surface area contributed by atoms with Crippen molar-refractivity contribution >= 4 is 21.8 Å². The standard InChI is InChI=1S/C18H17BrF3N3O/c19-15-4-5-16(23-11-15)12-24-6-8-25(9-7-24)17(26)13-2-1-3-14(10-13)18(20,21)22/h1-5,10-11H,6-9,12H2. The molecule has 1 amide bonds. The number of rotatable bonds is 3. The number of carbonyl (C=O) groups is 1. The Morgan fingerprint density at radius 3 is 2.46 bits per heavy atom. The summed E-state index contributed by atoms with van der Waals surface area (Å²) >= 11 is 3.34. The van der Waals surface area contributed by atoms with Crippen LogP contribution in [-0.2, 0) is 12.7 Å². The van der Waals surface area contributed by atoms with E-state index < -0.39 is 11.7 Å². The highest BCUT2D eigenvalue weighted by Gasteiger charge is 2.31. The summed E-state index contributed by atoms with van der Waals surface area (Å²) in [6.45, 7) is 2.95. The Balaban J connectivity index is 1.59. The van der Waals surface area contributed by atoms with Crippen molar-refractivity contribution in [3.8, 4) is 0 Å². The summed E-state index contributed by atoms with van der Waals surface area (Å²) in [5.74, 6) is -0.363. The molecule has 1 saturated heterocycles. The molecule has 1 aliphatic heterocycles. The fraction of sp³-hybridized carbons (Fsp3) is 0.333. The first-order valence-electron chi connectivity index (χ1n) is 8.12. The van der Waals surface area contributed by atoms with Gasteiger partial charge in [0.25, 0.3) is 5.91 Å². The lowest BCUT2D eigenvalue weighted by Crippen LogP contribution is -2.48. The molecule has 0 spiro atoms. The van der Waals surface area contributed by atoms with Gasteiger partial charge in [-0.05, 0) is 46.3 Å². The molecule has 0 aliphatic carbocycles. The predicted molar refractivity (Wildman–Crippen MR) is 94.6 cm³/mol. The Kier molecular flexibility index (Phi) is 5.62. The molecule has 4 nitrogen and oxygen atoms in total. The van der Waals surface area contributed by atoms with Crippen LogP contribution in [0.2, 0.25) is 0 Å². The number of nitrogens with zero attached hydrogens (tertiary/aromatic N) is 3. The van der Waals surface area contributed by atoms with Crippen LogP contribution >= 0.6 is 15.9 Å². The summed E-state index contributed by atoms with van der Waals surface area (Å²) in [6.07, 6.45) is -2.71. The number of aromatic nitrogens is 1. The van der Waals surface area contributed by atoms with E-state index in [1.165, 1.54) is 12.1 Å². The Bertz CT molecular complexity index is 772. The van der Waals surface area contributed by atoms with Crippen molar-refractivity contribution in [3.63, 3.8) is 0 Å². The van der Waals surface area contributed by atoms with Crippen LogP contribution in [0, 0.1) is 0 Å². The average Bonchev–Trinajstić information content (AvgIpc) is 2.63. The summed E-state index contributed by atoms with van der Waals surface area (Å²) in [4.78, 5) is 20.6. The van der Waals surface area contributed by atoms with Gasteiger partial charge in [0, 0.05) is 49.0 Å². The largest absolute Gasteiger partial charge is 0.416 e. The SMILES string of the molecule is O=C(c1cccc(C(F)(F)F)c1)N1CCN(Cc2ccc(Br)cn2)CC1. The molecule has 3 rings (SSSR count). The van der Waals surface area contributed by atoms with Crippen LogP contribution in [0.4, 0.5) is 13.2 Å². The minimum atomic E-state index is -4.45. The third-order valence-electron chi connectivity index (χ3n) is 4.27. The lowest BCUT2D eigenvalue weighted by molar-refractivity contribution is -0.137. The van der Waals surface area contributed by atoms with E-state index in [4.69, 9.17) is 0 Å². The van der Waals surface area contributed by atoms with Gasteiger partial charge in [0.2, 0.25) is 0 Å². The van der Waals surface area contributed by atoms with Crippen molar-refractivity contribution in [3.05, 3.63) is 63.9 Å². The lowest BCUT2D eigenvalue weighted by atomic mass is 10.1. The van der Waals surface area contributed by atoms with Gasteiger partial charge >= 0.3 is 6.18 Å². The Labute approximate surface area is 157 Å². The van der Waals surface area contributed by atoms with E-state index in [-0.39, 0.29) is 11.5 Å². The van der Waals surface area contributed by atoms with Crippen molar-refractivity contribution < 1.29 is 18.0 Å². The molecule has 1 aliphatic rings. The molecule has 1 aromatic carbocycles. The van der Waals surface area contributed by atoms with Crippen LogP contribution < -0.4 is 0 Å². The number of amides is 1. The van der Waals surface area contributed by atoms with Gasteiger partial charge in [-0.3, -0.25) is 14.7 Å². The molecule has 1 fully saturated rings. The first-order chi connectivity index (χ1) is 12.3. The van der Waals surface area contributed by atoms with Crippen molar-refractivity contribution in [2.24, 2.45) is 0 Å². The van der Waals surface area contributed by atoms with Crippen molar-refractivity contribution in [1.82, 2.24) is 14.8 Å². The quantitative estimate of drug-likeness (QED) is 0.746. The molecule has 2 heterocycles. The van der Waals surface area contributed by atoms with E-state index in [1.54, 1.807) is 11.1 Å². The number of carbonyl (C=O) groups excluding carboxylic acids is 1. The zero-order valence-electron chi connectivity index (χ0n) is 13.8. The van der Waals surface area contributed by atoms with Crippen LogP contribution in [-0.4, -0.2) is 46.9 Å². The van der Waals surface area contributed by atoms with Gasteiger partial charge in [-0.25, -0.2) is 0 Å². The fourth-order valence-corrected chi connectivity index (χ4v) is 3.08. The summed E-state index contributed by atoms with van der Waals surface area (Å²) in [5.41, 5.74) is 0.206. The number of hydrogen-bond acceptors (Lipinski definition) is 3. The molecule has 8 heteroatoms. The molecule has 0 unspecified atom stereocenters. The zero-order valence-corrected chi connectivity index (χ0v) is 15.4. The lowest BCUT2D eigenvalue weighted by Gasteiger charge is -2.34. The minimum absolute atomic E-state index is 0.0721. The maximum absolute atomic E-state index is 12.8. The number of pyridine rings is 1. The monoisotopic (exact) mass is 427 g/mol. The Morgan fingerprint density at radius 2 is 1.85 bits per heavy atom. The first kappa shape index (κ1) is 18.8. The van der Waals surface area contributed by atoms with Gasteiger partial charge in [-0.2, -0.15) is 13.2 Å². The summed E-state index contributed by atoms with van der Waals surface area (Å²) in [7, 11) is 0. The van der Waals surface area contributed by atoms with Gasteiger partial charge in [-0.1, -0.05) is 6.07 Å². The highest BCUT2D eigenvalue weighted by atomic mass is 79.9. The van der Waals surface area contributed by atoms with Gasteiger partial charge in [0.05, 0.1) is 11.3 Å². The van der Waals surface area contributed by atoms with Crippen LogP contribution in [0.15, 0.2) is 47.1 Å². The normalized spacial score (nSPS) is 15.9. The average molecular weight is 428 g/mol. The number of piperazine rings is 1. The summed E-state index contributed by atoms with van der Waals surface area (Å²) < 4.78 is 39.4. The molecule has 138 valence electrons. The smallest absolute Gasteiger partial charge is 0.336 e. The maximum Gasteiger partial charge on any atom is 0.416 e. The van der Waals surface area contributed by atoms with E-state index in [0.29, 0.717) is 32.7 Å². The molecule has 26 heavy (non-hydrogen) atoms. The van der Waals surface area contributed by atoms with Crippen molar-refractivity contribution in [2.75, 3.05) is 26.2 Å². The summed E-state index contributed by atoms with van der Waals surface area (Å²) in [5, 5.41) is 0. The van der Waals surface area contributed by atoms with E-state index in [2.05, 4.69) is 25.8 Å². The molecular weight excluding hydrogens is 411 g/mol. The number of benzene rings is 1. The number of hydrogen-bond donors (Lipinski definition) is 0. The Hall–Kier alpha value is -1.93. The fourth-order valence-electron chi connectivity index (χ4n) is 2.85. The molecule has 2 aromatic rings. The zero-order chi connectivity index (χ0) is 18.7. The molecule has 1 aromatic heterocycles. The third kappa shape index (κ3) is 4.62. The van der Waals surface area contributed by atoms with Crippen molar-refractivity contribution in [1.29, 1.82) is 0 Å². The Morgan fingerprint density at radius 1 is 1.12 bits per heavy atom. The highest BCUT2D eigenvalue weighted by Crippen LogP contribution is 2.29. The topological polar surface area (TPSA) is 36.4 Å². The maximum atomic E-state index is 12.8. The van der Waals surface area contributed by atoms with Crippen molar-refractivity contribution in [2.45, 2.75) is 12.7 Å². The van der Waals surface area contributed by atoms with Gasteiger partial charge in [0.15, 0.2) is 0 Å². The predicted octanol–water partition coefficient (Wildman–Crippen LogP) is 3.82. The second-order valence-electron chi connectivity index (χ2n) is 6.11. The van der Waals surface area contributed by atoms with E-state index >= 15 is 0 Å². The second kappa shape index (κ2) is 7.75. The van der Waals surface area contributed by atoms with Gasteiger partial charge in [0.1, 0.15) is 0 Å². The highest BCUT2D eigenvalue weighted by molar-refractivity contribution is 9.10. The van der Waals surface area contributed by atoms with Crippen LogP contribution in [0.25, 0.3) is 0 Å². The molecular formula is C18H17BrF3N3O. The molecule has 0 saturated carbocycles. The van der Waals surface area contributed by atoms with E-state index in [1.807, 2.05) is 12.1 Å². The first-order valence-corrected chi connectivity index (χ1v) is 8.91. The van der Waals surface area contributed by atoms with Gasteiger partial charge < -0.3 is 4.90 Å². The molecule has 0 N–H and O–H groups in total. The number of halogens is 4. The van der Waals surface area contributed by atoms with Crippen LogP contribution in [0.1, 0.15) is 21.6 Å². The molecule has 0 radical (unpaired) electrons. The number of alkyl halides is 3.